The van der Waals surface area contributed by atoms with Crippen molar-refractivity contribution in [1.29, 1.82) is 0 Å². The van der Waals surface area contributed by atoms with E-state index in [0.717, 1.165) is 49.0 Å². The molecule has 0 atom stereocenters. The topological polar surface area (TPSA) is 81.8 Å². The zero-order chi connectivity index (χ0) is 23.3. The number of nitrogens with one attached hydrogen (secondary N) is 2. The van der Waals surface area contributed by atoms with E-state index in [9.17, 15) is 13.2 Å². The highest BCUT2D eigenvalue weighted by molar-refractivity contribution is 7.89. The summed E-state index contributed by atoms with van der Waals surface area (Å²) in [6.07, 6.45) is 0. The molecule has 0 bridgehead atoms. The molecule has 3 aromatic rings. The first-order valence-corrected chi connectivity index (χ1v) is 13.3. The van der Waals surface area contributed by atoms with E-state index >= 15 is 0 Å². The average molecular weight is 485 g/mol. The smallest absolute Gasteiger partial charge is 0.255 e. The molecule has 0 aliphatic carbocycles. The summed E-state index contributed by atoms with van der Waals surface area (Å²) in [4.78, 5) is 18.7. The zero-order valence-corrected chi connectivity index (χ0v) is 20.2. The number of para-hydroxylation sites is 2. The minimum Gasteiger partial charge on any atom is -0.367 e. The lowest BCUT2D eigenvalue weighted by atomic mass is 10.1. The Morgan fingerprint density at radius 3 is 2.52 bits per heavy atom. The molecule has 9 heteroatoms. The Labute approximate surface area is 199 Å². The summed E-state index contributed by atoms with van der Waals surface area (Å²) in [5.74, 6) is -0.343. The van der Waals surface area contributed by atoms with Gasteiger partial charge < -0.3 is 15.1 Å². The molecule has 2 N–H and O–H groups in total. The molecule has 1 amide bonds. The number of benzene rings is 2. The Balaban J connectivity index is 1.47. The van der Waals surface area contributed by atoms with Crippen LogP contribution in [0.2, 0.25) is 0 Å². The summed E-state index contributed by atoms with van der Waals surface area (Å²) in [5.41, 5.74) is 1.99. The molecule has 1 saturated heterocycles. The van der Waals surface area contributed by atoms with Gasteiger partial charge in [0.15, 0.2) is 0 Å². The van der Waals surface area contributed by atoms with E-state index in [1.54, 1.807) is 12.1 Å². The molecule has 7 nitrogen and oxygen atoms in total. The van der Waals surface area contributed by atoms with Gasteiger partial charge in [-0.3, -0.25) is 4.79 Å². The van der Waals surface area contributed by atoms with Crippen molar-refractivity contribution >= 4 is 38.6 Å². The van der Waals surface area contributed by atoms with Gasteiger partial charge in [-0.1, -0.05) is 31.2 Å². The van der Waals surface area contributed by atoms with Gasteiger partial charge in [-0.15, -0.1) is 11.3 Å². The Hall–Kier alpha value is -2.72. The van der Waals surface area contributed by atoms with Crippen LogP contribution in [-0.4, -0.2) is 51.9 Å². The van der Waals surface area contributed by atoms with Crippen LogP contribution in [-0.2, 0) is 16.6 Å². The average Bonchev–Trinajstić information content (AvgIpc) is 3.37. The number of rotatable bonds is 8. The Morgan fingerprint density at radius 1 is 1.00 bits per heavy atom. The first kappa shape index (κ1) is 23.4. The lowest BCUT2D eigenvalue weighted by molar-refractivity contribution is 0.102. The fourth-order valence-corrected chi connectivity index (χ4v) is 5.61. The maximum Gasteiger partial charge on any atom is 0.255 e. The van der Waals surface area contributed by atoms with Gasteiger partial charge in [-0.05, 0) is 48.3 Å². The lowest BCUT2D eigenvalue weighted by Gasteiger charge is -2.36. The van der Waals surface area contributed by atoms with Crippen LogP contribution in [0.3, 0.4) is 0 Å². The van der Waals surface area contributed by atoms with Crippen molar-refractivity contribution in [3.8, 4) is 0 Å². The molecule has 174 valence electrons. The third-order valence-electron chi connectivity index (χ3n) is 5.74. The number of carbonyl (C=O) groups is 1. The summed E-state index contributed by atoms with van der Waals surface area (Å²) >= 11 is 1.48. The maximum absolute atomic E-state index is 13.0. The van der Waals surface area contributed by atoms with Crippen molar-refractivity contribution in [2.75, 3.05) is 42.9 Å². The lowest BCUT2D eigenvalue weighted by Crippen LogP contribution is -2.46. The largest absolute Gasteiger partial charge is 0.367 e. The molecule has 2 heterocycles. The molecule has 1 aliphatic rings. The second kappa shape index (κ2) is 10.5. The summed E-state index contributed by atoms with van der Waals surface area (Å²) in [5, 5.41) is 4.87. The highest BCUT2D eigenvalue weighted by Gasteiger charge is 2.20. The number of likely N-dealkylation sites (N-methyl/N-ethyl adjacent to an activating group) is 1. The number of thiophene rings is 1. The molecule has 1 fully saturated rings. The van der Waals surface area contributed by atoms with Crippen LogP contribution >= 0.6 is 11.3 Å². The molecular weight excluding hydrogens is 456 g/mol. The highest BCUT2D eigenvalue weighted by atomic mass is 32.2. The van der Waals surface area contributed by atoms with Gasteiger partial charge in [0.05, 0.1) is 16.3 Å². The van der Waals surface area contributed by atoms with Crippen molar-refractivity contribution in [1.82, 2.24) is 9.62 Å². The monoisotopic (exact) mass is 484 g/mol. The maximum atomic E-state index is 13.0. The highest BCUT2D eigenvalue weighted by Crippen LogP contribution is 2.27. The van der Waals surface area contributed by atoms with E-state index in [-0.39, 0.29) is 17.3 Å². The third kappa shape index (κ3) is 5.80. The summed E-state index contributed by atoms with van der Waals surface area (Å²) < 4.78 is 28.0. The van der Waals surface area contributed by atoms with Crippen LogP contribution in [0.4, 0.5) is 11.4 Å². The normalized spacial score (nSPS) is 14.9. The number of anilines is 2. The SMILES string of the molecule is CCN1CCN(c2ccccc2NC(=O)c2cccc(S(=O)(=O)NCc3cccs3)c2)CC1. The van der Waals surface area contributed by atoms with Crippen LogP contribution in [0, 0.1) is 0 Å². The molecule has 1 aromatic heterocycles. The van der Waals surface area contributed by atoms with Gasteiger partial charge in [-0.2, -0.15) is 0 Å². The van der Waals surface area contributed by atoms with Crippen LogP contribution in [0.15, 0.2) is 70.9 Å². The van der Waals surface area contributed by atoms with Crippen molar-refractivity contribution < 1.29 is 13.2 Å². The number of hydrogen-bond donors (Lipinski definition) is 2. The van der Waals surface area contributed by atoms with Gasteiger partial charge in [-0.25, -0.2) is 13.1 Å². The van der Waals surface area contributed by atoms with Gasteiger partial charge >= 0.3 is 0 Å². The van der Waals surface area contributed by atoms with Crippen molar-refractivity contribution in [2.24, 2.45) is 0 Å². The van der Waals surface area contributed by atoms with Crippen LogP contribution in [0.5, 0.6) is 0 Å². The minimum atomic E-state index is -3.73. The fraction of sp³-hybridized carbons (Fsp3) is 0.292. The summed E-state index contributed by atoms with van der Waals surface area (Å²) in [7, 11) is -3.73. The molecule has 4 rings (SSSR count). The van der Waals surface area contributed by atoms with Gasteiger partial charge in [0, 0.05) is 43.2 Å². The van der Waals surface area contributed by atoms with Gasteiger partial charge in [0.25, 0.3) is 5.91 Å². The van der Waals surface area contributed by atoms with Crippen LogP contribution < -0.4 is 14.9 Å². The molecular formula is C24H28N4O3S2. The van der Waals surface area contributed by atoms with Gasteiger partial charge in [0.2, 0.25) is 10.0 Å². The van der Waals surface area contributed by atoms with E-state index in [0.29, 0.717) is 5.56 Å². The molecule has 0 spiro atoms. The number of nitrogens with zero attached hydrogens (tertiary/aromatic N) is 2. The quantitative estimate of drug-likeness (QED) is 0.510. The third-order valence-corrected chi connectivity index (χ3v) is 8.01. The standard InChI is InChI=1S/C24H28N4O3S2/c1-2-27-12-14-28(15-13-27)23-11-4-3-10-22(23)26-24(29)19-7-5-9-21(17-19)33(30,31)25-18-20-8-6-16-32-20/h3-11,16-17,25H,2,12-15,18H2,1H3,(H,26,29). The van der Waals surface area contributed by atoms with Crippen LogP contribution in [0.25, 0.3) is 0 Å². The van der Waals surface area contributed by atoms with E-state index in [2.05, 4.69) is 26.8 Å². The fourth-order valence-electron chi connectivity index (χ4n) is 3.82. The first-order valence-electron chi connectivity index (χ1n) is 11.0. The molecule has 0 radical (unpaired) electrons. The molecule has 33 heavy (non-hydrogen) atoms. The number of piperazine rings is 1. The minimum absolute atomic E-state index is 0.0654. The summed E-state index contributed by atoms with van der Waals surface area (Å²) in [6.45, 7) is 7.17. The van der Waals surface area contributed by atoms with E-state index in [4.69, 9.17) is 0 Å². The Morgan fingerprint density at radius 2 is 1.79 bits per heavy atom. The van der Waals surface area contributed by atoms with Crippen LogP contribution in [0.1, 0.15) is 22.2 Å². The predicted molar refractivity (Wildman–Crippen MR) is 134 cm³/mol. The van der Waals surface area contributed by atoms with E-state index in [1.807, 2.05) is 41.8 Å². The van der Waals surface area contributed by atoms with Crippen molar-refractivity contribution in [3.63, 3.8) is 0 Å². The zero-order valence-electron chi connectivity index (χ0n) is 18.5. The van der Waals surface area contributed by atoms with E-state index < -0.39 is 10.0 Å². The number of sulfonamides is 1. The van der Waals surface area contributed by atoms with E-state index in [1.165, 1.54) is 23.5 Å². The Bertz CT molecular complexity index is 1190. The molecule has 2 aromatic carbocycles. The second-order valence-corrected chi connectivity index (χ2v) is 10.6. The van der Waals surface area contributed by atoms with Crippen molar-refractivity contribution in [3.05, 3.63) is 76.5 Å². The molecule has 0 saturated carbocycles. The number of carbonyl (C=O) groups excluding carboxylic acids is 1. The summed E-state index contributed by atoms with van der Waals surface area (Å²) in [6, 6.07) is 17.6. The number of amides is 1. The molecule has 1 aliphatic heterocycles. The van der Waals surface area contributed by atoms with Gasteiger partial charge in [0.1, 0.15) is 0 Å². The predicted octanol–water partition coefficient (Wildman–Crippen LogP) is 3.62. The molecule has 0 unspecified atom stereocenters. The second-order valence-electron chi connectivity index (χ2n) is 7.82. The first-order chi connectivity index (χ1) is 16.0. The Kier molecular flexibility index (Phi) is 7.44. The number of hydrogen-bond acceptors (Lipinski definition) is 6. The van der Waals surface area contributed by atoms with Crippen molar-refractivity contribution in [2.45, 2.75) is 18.4 Å².